The molecule has 1 aliphatic rings. The van der Waals surface area contributed by atoms with Gasteiger partial charge in [0.2, 0.25) is 0 Å². The van der Waals surface area contributed by atoms with Crippen molar-refractivity contribution in [1.29, 1.82) is 0 Å². The van der Waals surface area contributed by atoms with Crippen LogP contribution < -0.4 is 10.6 Å². The maximum Gasteiger partial charge on any atom is 0.253 e. The van der Waals surface area contributed by atoms with Crippen LogP contribution in [0, 0.1) is 5.82 Å². The summed E-state index contributed by atoms with van der Waals surface area (Å²) < 4.78 is 19.5. The molecule has 0 bridgehead atoms. The lowest BCUT2D eigenvalue weighted by atomic mass is 9.74. The first-order valence-electron chi connectivity index (χ1n) is 11.0. The molecule has 172 valence electrons. The van der Waals surface area contributed by atoms with Gasteiger partial charge in [-0.2, -0.15) is 0 Å². The lowest BCUT2D eigenvalue weighted by molar-refractivity contribution is 0.0513. The predicted molar refractivity (Wildman–Crippen MR) is 126 cm³/mol. The molecule has 0 aromatic heterocycles. The maximum absolute atomic E-state index is 13.9. The van der Waals surface area contributed by atoms with E-state index >= 15 is 0 Å². The summed E-state index contributed by atoms with van der Waals surface area (Å²) in [5, 5.41) is 6.78. The van der Waals surface area contributed by atoms with E-state index in [9.17, 15) is 9.18 Å². The van der Waals surface area contributed by atoms with E-state index in [-0.39, 0.29) is 17.1 Å². The Morgan fingerprint density at radius 2 is 1.88 bits per heavy atom. The van der Waals surface area contributed by atoms with E-state index in [4.69, 9.17) is 4.74 Å². The largest absolute Gasteiger partial charge is 0.381 e. The Morgan fingerprint density at radius 1 is 1.12 bits per heavy atom. The molecule has 0 spiro atoms. The van der Waals surface area contributed by atoms with Gasteiger partial charge in [-0.3, -0.25) is 9.79 Å². The van der Waals surface area contributed by atoms with Crippen molar-refractivity contribution in [3.05, 3.63) is 71.0 Å². The summed E-state index contributed by atoms with van der Waals surface area (Å²) in [6.07, 6.45) is 2.42. The second kappa shape index (κ2) is 11.1. The van der Waals surface area contributed by atoms with Gasteiger partial charge in [0.05, 0.1) is 0 Å². The highest BCUT2D eigenvalue weighted by molar-refractivity contribution is 5.94. The first kappa shape index (κ1) is 23.7. The zero-order valence-electron chi connectivity index (χ0n) is 19.2. The molecule has 7 heteroatoms. The van der Waals surface area contributed by atoms with E-state index in [1.807, 2.05) is 30.3 Å². The molecular weight excluding hydrogens is 407 g/mol. The number of carbonyl (C=O) groups excluding carboxylic acids is 1. The van der Waals surface area contributed by atoms with Gasteiger partial charge in [-0.15, -0.1) is 0 Å². The minimum atomic E-state index is -0.217. The van der Waals surface area contributed by atoms with Crippen LogP contribution in [0.1, 0.15) is 34.3 Å². The minimum absolute atomic E-state index is 0.00334. The molecular formula is C25H33FN4O2. The van der Waals surface area contributed by atoms with E-state index in [1.54, 1.807) is 38.2 Å². The molecule has 0 saturated carbocycles. The summed E-state index contributed by atoms with van der Waals surface area (Å²) in [5.41, 5.74) is 2.57. The van der Waals surface area contributed by atoms with Crippen molar-refractivity contribution in [2.24, 2.45) is 4.99 Å². The zero-order chi connectivity index (χ0) is 23.0. The summed E-state index contributed by atoms with van der Waals surface area (Å²) >= 11 is 0. The fourth-order valence-electron chi connectivity index (χ4n) is 4.06. The molecule has 1 aliphatic heterocycles. The van der Waals surface area contributed by atoms with E-state index in [0.717, 1.165) is 30.4 Å². The van der Waals surface area contributed by atoms with Crippen LogP contribution in [0.25, 0.3) is 0 Å². The molecule has 1 saturated heterocycles. The summed E-state index contributed by atoms with van der Waals surface area (Å²) in [7, 11) is 5.24. The van der Waals surface area contributed by atoms with Gasteiger partial charge in [0, 0.05) is 58.4 Å². The lowest BCUT2D eigenvalue weighted by Gasteiger charge is -2.38. The van der Waals surface area contributed by atoms with Crippen molar-refractivity contribution >= 4 is 11.9 Å². The molecule has 0 unspecified atom stereocenters. The third kappa shape index (κ3) is 6.07. The number of nitrogens with zero attached hydrogens (tertiary/aromatic N) is 2. The van der Waals surface area contributed by atoms with Crippen LogP contribution in [0.4, 0.5) is 4.39 Å². The molecule has 0 radical (unpaired) electrons. The SMILES string of the molecule is CN=C(NCCc1cccc(C(=O)N(C)C)c1)NCC1(c2cccc(F)c2)CCOCC1. The molecule has 0 atom stereocenters. The zero-order valence-corrected chi connectivity index (χ0v) is 19.2. The molecule has 1 fully saturated rings. The normalized spacial score (nSPS) is 15.8. The van der Waals surface area contributed by atoms with Crippen LogP contribution >= 0.6 is 0 Å². The molecule has 1 heterocycles. The number of benzene rings is 2. The second-order valence-corrected chi connectivity index (χ2v) is 8.41. The van der Waals surface area contributed by atoms with Crippen LogP contribution in [0.3, 0.4) is 0 Å². The lowest BCUT2D eigenvalue weighted by Crippen LogP contribution is -2.48. The standard InChI is InChI=1S/C25H33FN4O2/c1-27-24(28-13-10-19-6-4-7-20(16-19)23(31)30(2)3)29-18-25(11-14-32-15-12-25)21-8-5-9-22(26)17-21/h4-9,16-17H,10-15,18H2,1-3H3,(H2,27,28,29). The fourth-order valence-corrected chi connectivity index (χ4v) is 4.06. The van der Waals surface area contributed by atoms with Gasteiger partial charge in [0.15, 0.2) is 5.96 Å². The molecule has 32 heavy (non-hydrogen) atoms. The minimum Gasteiger partial charge on any atom is -0.381 e. The number of aliphatic imine (C=N–C) groups is 1. The maximum atomic E-state index is 13.9. The van der Waals surface area contributed by atoms with Gasteiger partial charge in [-0.05, 0) is 54.7 Å². The highest BCUT2D eigenvalue weighted by Gasteiger charge is 2.34. The number of halogens is 1. The first-order chi connectivity index (χ1) is 15.4. The molecule has 2 aromatic rings. The van der Waals surface area contributed by atoms with Crippen LogP contribution in [-0.4, -0.2) is 64.2 Å². The predicted octanol–water partition coefficient (Wildman–Crippen LogP) is 2.98. The van der Waals surface area contributed by atoms with Crippen LogP contribution in [0.5, 0.6) is 0 Å². The van der Waals surface area contributed by atoms with Gasteiger partial charge in [-0.1, -0.05) is 24.3 Å². The Bertz CT molecular complexity index is 939. The molecule has 6 nitrogen and oxygen atoms in total. The van der Waals surface area contributed by atoms with Gasteiger partial charge in [-0.25, -0.2) is 4.39 Å². The average molecular weight is 441 g/mol. The third-order valence-corrected chi connectivity index (χ3v) is 5.99. The monoisotopic (exact) mass is 440 g/mol. The smallest absolute Gasteiger partial charge is 0.253 e. The number of guanidine groups is 1. The van der Waals surface area contributed by atoms with Crippen molar-refractivity contribution in [2.75, 3.05) is 47.4 Å². The number of hydrogen-bond donors (Lipinski definition) is 2. The van der Waals surface area contributed by atoms with Crippen LogP contribution in [-0.2, 0) is 16.6 Å². The highest BCUT2D eigenvalue weighted by atomic mass is 19.1. The van der Waals surface area contributed by atoms with Gasteiger partial charge in [0.1, 0.15) is 5.82 Å². The number of ether oxygens (including phenoxy) is 1. The van der Waals surface area contributed by atoms with E-state index in [1.165, 1.54) is 6.07 Å². The molecule has 2 N–H and O–H groups in total. The Hall–Kier alpha value is -2.93. The number of hydrogen-bond acceptors (Lipinski definition) is 3. The van der Waals surface area contributed by atoms with Crippen LogP contribution in [0.15, 0.2) is 53.5 Å². The third-order valence-electron chi connectivity index (χ3n) is 5.99. The topological polar surface area (TPSA) is 66.0 Å². The Labute approximate surface area is 189 Å². The molecule has 0 aliphatic carbocycles. The average Bonchev–Trinajstić information content (AvgIpc) is 2.81. The van der Waals surface area contributed by atoms with Crippen molar-refractivity contribution in [3.63, 3.8) is 0 Å². The summed E-state index contributed by atoms with van der Waals surface area (Å²) in [5.74, 6) is 0.482. The van der Waals surface area contributed by atoms with E-state index in [2.05, 4.69) is 15.6 Å². The molecule has 1 amide bonds. The van der Waals surface area contributed by atoms with Gasteiger partial charge in [0.25, 0.3) is 5.91 Å². The second-order valence-electron chi connectivity index (χ2n) is 8.41. The Kier molecular flexibility index (Phi) is 8.22. The van der Waals surface area contributed by atoms with Crippen molar-refractivity contribution in [1.82, 2.24) is 15.5 Å². The summed E-state index contributed by atoms with van der Waals surface area (Å²) in [6.45, 7) is 2.64. The number of rotatable bonds is 7. The number of nitrogens with one attached hydrogen (secondary N) is 2. The van der Waals surface area contributed by atoms with Crippen molar-refractivity contribution in [2.45, 2.75) is 24.7 Å². The number of carbonyl (C=O) groups is 1. The van der Waals surface area contributed by atoms with Crippen molar-refractivity contribution in [3.8, 4) is 0 Å². The van der Waals surface area contributed by atoms with Crippen molar-refractivity contribution < 1.29 is 13.9 Å². The fraction of sp³-hybridized carbons (Fsp3) is 0.440. The highest BCUT2D eigenvalue weighted by Crippen LogP contribution is 2.34. The summed E-state index contributed by atoms with van der Waals surface area (Å²) in [6, 6.07) is 14.6. The van der Waals surface area contributed by atoms with Gasteiger partial charge >= 0.3 is 0 Å². The van der Waals surface area contributed by atoms with E-state index in [0.29, 0.717) is 37.8 Å². The van der Waals surface area contributed by atoms with Crippen LogP contribution in [0.2, 0.25) is 0 Å². The quantitative estimate of drug-likeness (QED) is 0.513. The van der Waals surface area contributed by atoms with Gasteiger partial charge < -0.3 is 20.3 Å². The van der Waals surface area contributed by atoms with E-state index < -0.39 is 0 Å². The molecule has 3 rings (SSSR count). The summed E-state index contributed by atoms with van der Waals surface area (Å²) in [4.78, 5) is 18.1. The number of amides is 1. The molecule has 2 aromatic carbocycles. The first-order valence-corrected chi connectivity index (χ1v) is 11.0. The Morgan fingerprint density at radius 3 is 2.56 bits per heavy atom. The Balaban J connectivity index is 1.58.